The lowest BCUT2D eigenvalue weighted by Gasteiger charge is -2.32. The molecule has 17 nitrogen and oxygen atoms in total. The van der Waals surface area contributed by atoms with Gasteiger partial charge in [-0.3, -0.25) is 28.8 Å². The quantitative estimate of drug-likeness (QED) is 0.0148. The molecule has 0 unspecified atom stereocenters. The molecule has 0 saturated carbocycles. The SMILES string of the molecule is CCCCC[C@@H](C(=O)NCNC(=O)c1ccc(-c2ccc(C(=O)N[C@@H](CC(=O)OCc3ccccc3)C(=O)OCOC(=O)c3ccccc3)c(OCC)c2)o1)[C@@H](CC)N(C=O)OCc1ccccc1. The van der Waals surface area contributed by atoms with E-state index in [1.165, 1.54) is 41.5 Å². The average molecular weight is 947 g/mol. The smallest absolute Gasteiger partial charge is 0.340 e. The van der Waals surface area contributed by atoms with Crippen molar-refractivity contribution in [1.29, 1.82) is 0 Å². The Labute approximate surface area is 400 Å². The van der Waals surface area contributed by atoms with Crippen LogP contribution >= 0.6 is 0 Å². The fraction of sp³-hybridized carbons (Fsp3) is 0.327. The molecule has 0 bridgehead atoms. The van der Waals surface area contributed by atoms with Gasteiger partial charge in [0.1, 0.15) is 30.8 Å². The third-order valence-electron chi connectivity index (χ3n) is 10.7. The van der Waals surface area contributed by atoms with Gasteiger partial charge in [0.05, 0.1) is 42.8 Å². The van der Waals surface area contributed by atoms with Crippen molar-refractivity contribution in [3.05, 3.63) is 149 Å². The summed E-state index contributed by atoms with van der Waals surface area (Å²) in [6, 6.07) is 31.6. The lowest BCUT2D eigenvalue weighted by atomic mass is 9.90. The van der Waals surface area contributed by atoms with Gasteiger partial charge in [-0.2, -0.15) is 0 Å². The van der Waals surface area contributed by atoms with Crippen LogP contribution < -0.4 is 20.7 Å². The standard InChI is InChI=1S/C52H58N4O13/c1-4-7-11-24-40(43(5-2)56(34-57)68-32-37-20-14-9-15-21-37)48(59)53-33-54-50(61)45-28-27-44(69-45)39-25-26-41(46(29-39)64-6-3)49(60)55-42(30-47(58)65-31-36-18-12-8-13-19-36)52(63)67-35-66-51(62)38-22-16-10-17-23-38/h8-10,12-23,25-29,34,40,42-43H,4-7,11,24,30-33,35H2,1-3H3,(H,53,59)(H,54,61)(H,55,60)/t40-,42+,43-/m1/s1. The molecule has 0 saturated heterocycles. The summed E-state index contributed by atoms with van der Waals surface area (Å²) in [4.78, 5) is 97.4. The van der Waals surface area contributed by atoms with Crippen LogP contribution in [0.2, 0.25) is 0 Å². The molecule has 0 aliphatic rings. The highest BCUT2D eigenvalue weighted by molar-refractivity contribution is 6.00. The van der Waals surface area contributed by atoms with Gasteiger partial charge in [0.25, 0.3) is 11.8 Å². The number of hydrogen-bond acceptors (Lipinski definition) is 13. The number of rotatable bonds is 28. The topological polar surface area (TPSA) is 218 Å². The number of nitrogens with one attached hydrogen (secondary N) is 3. The van der Waals surface area contributed by atoms with Crippen LogP contribution in [0, 0.1) is 5.92 Å². The largest absolute Gasteiger partial charge is 0.493 e. The van der Waals surface area contributed by atoms with Gasteiger partial charge in [0.2, 0.25) is 19.1 Å². The number of unbranched alkanes of at least 4 members (excludes halogenated alkanes) is 2. The Morgan fingerprint density at radius 3 is 2.06 bits per heavy atom. The maximum Gasteiger partial charge on any atom is 0.340 e. The Bertz CT molecular complexity index is 2450. The van der Waals surface area contributed by atoms with E-state index in [4.69, 9.17) is 28.2 Å². The summed E-state index contributed by atoms with van der Waals surface area (Å²) in [6.45, 7) is 4.83. The second-order valence-corrected chi connectivity index (χ2v) is 15.6. The highest BCUT2D eigenvalue weighted by Crippen LogP contribution is 2.30. The van der Waals surface area contributed by atoms with E-state index in [0.717, 1.165) is 24.8 Å². The molecule has 1 heterocycles. The normalized spacial score (nSPS) is 12.0. The van der Waals surface area contributed by atoms with Gasteiger partial charge in [0, 0.05) is 5.56 Å². The zero-order valence-corrected chi connectivity index (χ0v) is 38.9. The van der Waals surface area contributed by atoms with Gasteiger partial charge >= 0.3 is 17.9 Å². The summed E-state index contributed by atoms with van der Waals surface area (Å²) in [7, 11) is 0. The van der Waals surface area contributed by atoms with E-state index in [2.05, 4.69) is 22.9 Å². The van der Waals surface area contributed by atoms with Crippen molar-refractivity contribution in [3.8, 4) is 17.1 Å². The summed E-state index contributed by atoms with van der Waals surface area (Å²) in [5, 5.41) is 9.16. The van der Waals surface area contributed by atoms with Crippen LogP contribution in [0.25, 0.3) is 11.3 Å². The summed E-state index contributed by atoms with van der Waals surface area (Å²) < 4.78 is 27.3. The molecule has 0 spiro atoms. The molecule has 4 amide bonds. The van der Waals surface area contributed by atoms with E-state index >= 15 is 0 Å². The minimum atomic E-state index is -1.56. The molecule has 3 atom stereocenters. The molecule has 0 aliphatic carbocycles. The molecule has 4 aromatic carbocycles. The second-order valence-electron chi connectivity index (χ2n) is 15.6. The molecule has 3 N–H and O–H groups in total. The summed E-state index contributed by atoms with van der Waals surface area (Å²) in [6.07, 6.45) is 3.52. The maximum absolute atomic E-state index is 13.8. The maximum atomic E-state index is 13.8. The van der Waals surface area contributed by atoms with Crippen LogP contribution in [0.5, 0.6) is 5.75 Å². The highest BCUT2D eigenvalue weighted by Gasteiger charge is 2.32. The van der Waals surface area contributed by atoms with Gasteiger partial charge in [-0.15, -0.1) is 0 Å². The molecule has 1 aromatic heterocycles. The fourth-order valence-electron chi connectivity index (χ4n) is 7.16. The number of ether oxygens (including phenoxy) is 4. The molecule has 69 heavy (non-hydrogen) atoms. The summed E-state index contributed by atoms with van der Waals surface area (Å²) in [5.74, 6) is -4.75. The van der Waals surface area contributed by atoms with Crippen LogP contribution in [0.1, 0.15) is 102 Å². The summed E-state index contributed by atoms with van der Waals surface area (Å²) in [5.41, 5.74) is 2.22. The predicted octanol–water partition coefficient (Wildman–Crippen LogP) is 7.30. The minimum Gasteiger partial charge on any atom is -0.493 e. The van der Waals surface area contributed by atoms with Gasteiger partial charge in [0.15, 0.2) is 5.76 Å². The number of hydrogen-bond donors (Lipinski definition) is 3. The average Bonchev–Trinajstić information content (AvgIpc) is 3.88. The van der Waals surface area contributed by atoms with Crippen molar-refractivity contribution >= 4 is 42.0 Å². The van der Waals surface area contributed by atoms with Crippen molar-refractivity contribution in [2.75, 3.05) is 20.1 Å². The molecule has 0 radical (unpaired) electrons. The Balaban J connectivity index is 1.22. The molecule has 0 fully saturated rings. The first kappa shape index (κ1) is 52.2. The van der Waals surface area contributed by atoms with E-state index in [9.17, 15) is 33.6 Å². The van der Waals surface area contributed by atoms with Crippen LogP contribution in [-0.4, -0.2) is 79.3 Å². The Hall–Kier alpha value is -7.79. The third-order valence-corrected chi connectivity index (χ3v) is 10.7. The van der Waals surface area contributed by atoms with Crippen molar-refractivity contribution in [2.45, 2.75) is 84.6 Å². The van der Waals surface area contributed by atoms with Gasteiger partial charge < -0.3 is 39.3 Å². The van der Waals surface area contributed by atoms with Crippen molar-refractivity contribution in [3.63, 3.8) is 0 Å². The Morgan fingerprint density at radius 2 is 1.41 bits per heavy atom. The number of furan rings is 1. The molecule has 5 aromatic rings. The van der Waals surface area contributed by atoms with Gasteiger partial charge in [-0.05, 0) is 67.3 Å². The number of benzene rings is 4. The number of carbonyl (C=O) groups is 7. The van der Waals surface area contributed by atoms with E-state index in [1.807, 2.05) is 43.3 Å². The number of esters is 3. The van der Waals surface area contributed by atoms with E-state index < -0.39 is 60.9 Å². The van der Waals surface area contributed by atoms with E-state index in [-0.39, 0.29) is 60.8 Å². The molecule has 364 valence electrons. The van der Waals surface area contributed by atoms with Crippen molar-refractivity contribution < 1.29 is 61.8 Å². The zero-order chi connectivity index (χ0) is 49.4. The van der Waals surface area contributed by atoms with Crippen molar-refractivity contribution in [1.82, 2.24) is 21.0 Å². The van der Waals surface area contributed by atoms with Gasteiger partial charge in [-0.1, -0.05) is 118 Å². The number of carbonyl (C=O) groups excluding carboxylic acids is 7. The van der Waals surface area contributed by atoms with Crippen molar-refractivity contribution in [2.24, 2.45) is 5.92 Å². The summed E-state index contributed by atoms with van der Waals surface area (Å²) >= 11 is 0. The first-order valence-electron chi connectivity index (χ1n) is 22.8. The van der Waals surface area contributed by atoms with Crippen LogP contribution in [0.4, 0.5) is 0 Å². The Kier molecular flexibility index (Phi) is 21.0. The lowest BCUT2D eigenvalue weighted by Crippen LogP contribution is -2.48. The molecular formula is C52H58N4O13. The van der Waals surface area contributed by atoms with E-state index in [0.29, 0.717) is 30.4 Å². The minimum absolute atomic E-state index is 0.0100. The van der Waals surface area contributed by atoms with E-state index in [1.54, 1.807) is 55.5 Å². The fourth-order valence-corrected chi connectivity index (χ4v) is 7.16. The number of amides is 4. The predicted molar refractivity (Wildman–Crippen MR) is 252 cm³/mol. The lowest BCUT2D eigenvalue weighted by molar-refractivity contribution is -0.200. The van der Waals surface area contributed by atoms with Gasteiger partial charge in [-0.25, -0.2) is 14.7 Å². The number of nitrogens with zero attached hydrogens (tertiary/aromatic N) is 1. The van der Waals surface area contributed by atoms with Crippen LogP contribution in [0.15, 0.2) is 126 Å². The molecule has 17 heteroatoms. The molecule has 0 aliphatic heterocycles. The van der Waals surface area contributed by atoms with Crippen LogP contribution in [-0.2, 0) is 51.4 Å². The monoisotopic (exact) mass is 946 g/mol. The Morgan fingerprint density at radius 1 is 0.725 bits per heavy atom. The highest BCUT2D eigenvalue weighted by atomic mass is 16.7. The van der Waals surface area contributed by atoms with Crippen LogP contribution in [0.3, 0.4) is 0 Å². The second kappa shape index (κ2) is 27.8. The zero-order valence-electron chi connectivity index (χ0n) is 38.9. The number of hydroxylamine groups is 2. The first-order chi connectivity index (χ1) is 33.5. The molecular weight excluding hydrogens is 889 g/mol. The molecule has 5 rings (SSSR count). The first-order valence-corrected chi connectivity index (χ1v) is 22.8. The third kappa shape index (κ3) is 16.2.